The summed E-state index contributed by atoms with van der Waals surface area (Å²) in [6, 6.07) is 3.51. The van der Waals surface area contributed by atoms with Crippen molar-refractivity contribution in [2.24, 2.45) is 0 Å². The molecule has 0 aromatic heterocycles. The molecule has 0 amide bonds. The van der Waals surface area contributed by atoms with Crippen LogP contribution in [-0.2, 0) is 6.42 Å². The van der Waals surface area contributed by atoms with Crippen molar-refractivity contribution < 1.29 is 19.7 Å². The molecule has 0 aliphatic heterocycles. The number of methoxy groups -OCH3 is 2. The summed E-state index contributed by atoms with van der Waals surface area (Å²) in [4.78, 5) is 0. The van der Waals surface area contributed by atoms with Gasteiger partial charge in [-0.25, -0.2) is 0 Å². The van der Waals surface area contributed by atoms with E-state index in [1.807, 2.05) is 0 Å². The Hall–Kier alpha value is -1.42. The van der Waals surface area contributed by atoms with Crippen LogP contribution in [0, 0.1) is 0 Å². The van der Waals surface area contributed by atoms with Crippen molar-refractivity contribution in [1.82, 2.24) is 0 Å². The van der Waals surface area contributed by atoms with Gasteiger partial charge in [-0.1, -0.05) is 6.07 Å². The summed E-state index contributed by atoms with van der Waals surface area (Å²) in [5, 5.41) is 18.5. The van der Waals surface area contributed by atoms with E-state index in [9.17, 15) is 5.11 Å². The smallest absolute Gasteiger partial charge is 0.203 e. The summed E-state index contributed by atoms with van der Waals surface area (Å²) < 4.78 is 10.1. The van der Waals surface area contributed by atoms with E-state index in [1.54, 1.807) is 12.1 Å². The summed E-state index contributed by atoms with van der Waals surface area (Å²) in [7, 11) is 3.00. The Kier molecular flexibility index (Phi) is 4.24. The highest BCUT2D eigenvalue weighted by molar-refractivity contribution is 5.54. The van der Waals surface area contributed by atoms with Crippen LogP contribution in [0.2, 0.25) is 0 Å². The highest BCUT2D eigenvalue weighted by Crippen LogP contribution is 2.39. The number of aliphatic hydroxyl groups excluding tert-OH is 1. The van der Waals surface area contributed by atoms with Crippen molar-refractivity contribution in [3.05, 3.63) is 17.7 Å². The molecule has 4 heteroatoms. The lowest BCUT2D eigenvalue weighted by molar-refractivity contribution is 0.287. The predicted molar refractivity (Wildman–Crippen MR) is 56.6 cm³/mol. The third kappa shape index (κ3) is 2.53. The van der Waals surface area contributed by atoms with Gasteiger partial charge in [-0.15, -0.1) is 0 Å². The number of ether oxygens (including phenoxy) is 2. The van der Waals surface area contributed by atoms with Crippen LogP contribution in [0.5, 0.6) is 17.2 Å². The largest absolute Gasteiger partial charge is 0.504 e. The van der Waals surface area contributed by atoms with Crippen LogP contribution in [0.1, 0.15) is 12.0 Å². The van der Waals surface area contributed by atoms with Crippen molar-refractivity contribution in [3.63, 3.8) is 0 Å². The molecule has 1 aromatic rings. The molecular weight excluding hydrogens is 196 g/mol. The van der Waals surface area contributed by atoms with Gasteiger partial charge in [-0.3, -0.25) is 0 Å². The normalized spacial score (nSPS) is 10.1. The fourth-order valence-electron chi connectivity index (χ4n) is 1.42. The number of rotatable bonds is 5. The minimum Gasteiger partial charge on any atom is -0.504 e. The zero-order chi connectivity index (χ0) is 11.3. The van der Waals surface area contributed by atoms with Crippen molar-refractivity contribution in [2.45, 2.75) is 12.8 Å². The van der Waals surface area contributed by atoms with Crippen molar-refractivity contribution >= 4 is 0 Å². The van der Waals surface area contributed by atoms with E-state index in [1.165, 1.54) is 14.2 Å². The van der Waals surface area contributed by atoms with Crippen LogP contribution < -0.4 is 9.47 Å². The zero-order valence-corrected chi connectivity index (χ0v) is 8.99. The number of benzene rings is 1. The molecule has 0 atom stereocenters. The minimum absolute atomic E-state index is 0.0882. The first-order chi connectivity index (χ1) is 7.24. The van der Waals surface area contributed by atoms with Crippen molar-refractivity contribution in [1.29, 1.82) is 0 Å². The molecule has 0 heterocycles. The second-order valence-electron chi connectivity index (χ2n) is 3.14. The fourth-order valence-corrected chi connectivity index (χ4v) is 1.42. The van der Waals surface area contributed by atoms with E-state index < -0.39 is 0 Å². The Morgan fingerprint density at radius 1 is 1.20 bits per heavy atom. The Morgan fingerprint density at radius 3 is 2.47 bits per heavy atom. The maximum atomic E-state index is 9.84. The Labute approximate surface area is 89.1 Å². The van der Waals surface area contributed by atoms with E-state index >= 15 is 0 Å². The van der Waals surface area contributed by atoms with Gasteiger partial charge in [-0.05, 0) is 24.5 Å². The first kappa shape index (κ1) is 11.7. The first-order valence-corrected chi connectivity index (χ1v) is 4.78. The van der Waals surface area contributed by atoms with Crippen LogP contribution in [0.15, 0.2) is 12.1 Å². The summed E-state index contributed by atoms with van der Waals surface area (Å²) in [5.41, 5.74) is 0.752. The molecule has 0 saturated heterocycles. The molecule has 0 spiro atoms. The Bertz CT molecular complexity index is 323. The number of aryl methyl sites for hydroxylation is 1. The van der Waals surface area contributed by atoms with Gasteiger partial charge in [0.25, 0.3) is 0 Å². The average molecular weight is 212 g/mol. The molecule has 0 bridgehead atoms. The lowest BCUT2D eigenvalue weighted by Crippen LogP contribution is -1.95. The molecule has 0 saturated carbocycles. The summed E-state index contributed by atoms with van der Waals surface area (Å²) in [6.07, 6.45) is 1.23. The zero-order valence-electron chi connectivity index (χ0n) is 8.99. The molecule has 84 valence electrons. The van der Waals surface area contributed by atoms with E-state index in [4.69, 9.17) is 14.6 Å². The van der Waals surface area contributed by atoms with E-state index in [-0.39, 0.29) is 12.4 Å². The van der Waals surface area contributed by atoms with Crippen LogP contribution in [0.4, 0.5) is 0 Å². The molecule has 0 fully saturated rings. The standard InChI is InChI=1S/C11H16O4/c1-14-9-6-5-8(4-3-7-12)10(13)11(9)15-2/h5-6,12-13H,3-4,7H2,1-2H3. The molecule has 0 aliphatic carbocycles. The van der Waals surface area contributed by atoms with Crippen LogP contribution >= 0.6 is 0 Å². The van der Waals surface area contributed by atoms with Crippen LogP contribution in [-0.4, -0.2) is 31.0 Å². The maximum Gasteiger partial charge on any atom is 0.203 e. The van der Waals surface area contributed by atoms with Gasteiger partial charge in [0.2, 0.25) is 5.75 Å². The molecular formula is C11H16O4. The van der Waals surface area contributed by atoms with Gasteiger partial charge < -0.3 is 19.7 Å². The molecule has 0 radical (unpaired) electrons. The lowest BCUT2D eigenvalue weighted by Gasteiger charge is -2.12. The quantitative estimate of drug-likeness (QED) is 0.773. The number of phenols is 1. The summed E-state index contributed by atoms with van der Waals surface area (Å²) in [5.74, 6) is 0.931. The number of hydrogen-bond donors (Lipinski definition) is 2. The number of aliphatic hydroxyl groups is 1. The lowest BCUT2D eigenvalue weighted by atomic mass is 10.1. The topological polar surface area (TPSA) is 58.9 Å². The summed E-state index contributed by atoms with van der Waals surface area (Å²) in [6.45, 7) is 0.105. The Morgan fingerprint density at radius 2 is 1.93 bits per heavy atom. The molecule has 1 aromatic carbocycles. The van der Waals surface area contributed by atoms with Crippen molar-refractivity contribution in [3.8, 4) is 17.2 Å². The fraction of sp³-hybridized carbons (Fsp3) is 0.455. The molecule has 2 N–H and O–H groups in total. The number of aromatic hydroxyl groups is 1. The van der Waals surface area contributed by atoms with Gasteiger partial charge in [-0.2, -0.15) is 0 Å². The second kappa shape index (κ2) is 5.46. The third-order valence-electron chi connectivity index (χ3n) is 2.21. The Balaban J connectivity index is 3.00. The maximum absolute atomic E-state index is 9.84. The van der Waals surface area contributed by atoms with Crippen LogP contribution in [0.3, 0.4) is 0 Å². The summed E-state index contributed by atoms with van der Waals surface area (Å²) >= 11 is 0. The molecule has 4 nitrogen and oxygen atoms in total. The van der Waals surface area contributed by atoms with Crippen LogP contribution in [0.25, 0.3) is 0 Å². The van der Waals surface area contributed by atoms with Gasteiger partial charge in [0.15, 0.2) is 11.5 Å². The van der Waals surface area contributed by atoms with E-state index in [2.05, 4.69) is 0 Å². The van der Waals surface area contributed by atoms with E-state index in [0.29, 0.717) is 24.3 Å². The monoisotopic (exact) mass is 212 g/mol. The highest BCUT2D eigenvalue weighted by Gasteiger charge is 2.13. The SMILES string of the molecule is COc1ccc(CCCO)c(O)c1OC. The number of phenolic OH excluding ortho intramolecular Hbond substituents is 1. The van der Waals surface area contributed by atoms with Crippen molar-refractivity contribution in [2.75, 3.05) is 20.8 Å². The predicted octanol–water partition coefficient (Wildman–Crippen LogP) is 1.33. The molecule has 0 unspecified atom stereocenters. The van der Waals surface area contributed by atoms with Gasteiger partial charge in [0, 0.05) is 6.61 Å². The second-order valence-corrected chi connectivity index (χ2v) is 3.14. The molecule has 1 rings (SSSR count). The number of hydrogen-bond acceptors (Lipinski definition) is 4. The minimum atomic E-state index is 0.0882. The van der Waals surface area contributed by atoms with Gasteiger partial charge in [0.05, 0.1) is 14.2 Å². The molecule has 15 heavy (non-hydrogen) atoms. The van der Waals surface area contributed by atoms with Gasteiger partial charge >= 0.3 is 0 Å². The van der Waals surface area contributed by atoms with E-state index in [0.717, 1.165) is 5.56 Å². The third-order valence-corrected chi connectivity index (χ3v) is 2.21. The molecule has 0 aliphatic rings. The van der Waals surface area contributed by atoms with Gasteiger partial charge in [0.1, 0.15) is 0 Å². The first-order valence-electron chi connectivity index (χ1n) is 4.78. The average Bonchev–Trinajstić information content (AvgIpc) is 2.27. The highest BCUT2D eigenvalue weighted by atomic mass is 16.5.